The summed E-state index contributed by atoms with van der Waals surface area (Å²) in [6.45, 7) is 2.15. The van der Waals surface area contributed by atoms with Crippen molar-refractivity contribution in [3.05, 3.63) is 47.5 Å². The first kappa shape index (κ1) is 16.1. The van der Waals surface area contributed by atoms with E-state index in [9.17, 15) is 0 Å². The van der Waals surface area contributed by atoms with E-state index in [0.717, 1.165) is 33.9 Å². The van der Waals surface area contributed by atoms with Gasteiger partial charge in [-0.2, -0.15) is 0 Å². The average molecular weight is 344 g/mol. The fourth-order valence-corrected chi connectivity index (χ4v) is 3.45. The Labute approximate surface area is 145 Å². The van der Waals surface area contributed by atoms with Crippen molar-refractivity contribution in [1.29, 1.82) is 0 Å². The number of halogens is 1. The van der Waals surface area contributed by atoms with Crippen LogP contribution < -0.4 is 4.90 Å². The Morgan fingerprint density at radius 1 is 1.09 bits per heavy atom. The maximum Gasteiger partial charge on any atom is 0.163 e. The molecule has 1 heterocycles. The molecule has 2 aromatic carbocycles. The van der Waals surface area contributed by atoms with E-state index < -0.39 is 0 Å². The van der Waals surface area contributed by atoms with Gasteiger partial charge in [0.05, 0.1) is 5.52 Å². The molecule has 5 heteroatoms. The SMILES string of the molecule is CCSc1ccccc1-c1nc(N(C)C)c2cc(Cl)ccc2n1. The molecule has 0 saturated carbocycles. The lowest BCUT2D eigenvalue weighted by molar-refractivity contribution is 1.06. The number of anilines is 1. The second-order valence-corrected chi connectivity index (χ2v) is 7.10. The Bertz CT molecular complexity index is 849. The van der Waals surface area contributed by atoms with E-state index in [0.29, 0.717) is 5.02 Å². The third-order valence-electron chi connectivity index (χ3n) is 3.49. The number of nitrogens with zero attached hydrogens (tertiary/aromatic N) is 3. The standard InChI is InChI=1S/C18H18ClN3S/c1-4-23-16-8-6-5-7-13(16)17-20-15-10-9-12(19)11-14(15)18(21-17)22(2)3/h5-11H,4H2,1-3H3. The van der Waals surface area contributed by atoms with Crippen LogP contribution in [0.15, 0.2) is 47.4 Å². The largest absolute Gasteiger partial charge is 0.362 e. The van der Waals surface area contributed by atoms with Crippen LogP contribution in [0.4, 0.5) is 5.82 Å². The highest BCUT2D eigenvalue weighted by Gasteiger charge is 2.13. The summed E-state index contributed by atoms with van der Waals surface area (Å²) in [5.41, 5.74) is 1.97. The van der Waals surface area contributed by atoms with Crippen molar-refractivity contribution >= 4 is 40.1 Å². The quantitative estimate of drug-likeness (QED) is 0.614. The minimum atomic E-state index is 0.693. The minimum Gasteiger partial charge on any atom is -0.362 e. The molecular weight excluding hydrogens is 326 g/mol. The van der Waals surface area contributed by atoms with E-state index >= 15 is 0 Å². The Balaban J connectivity index is 2.25. The predicted octanol–water partition coefficient (Wildman–Crippen LogP) is 5.13. The molecule has 0 aliphatic heterocycles. The first-order chi connectivity index (χ1) is 11.1. The Morgan fingerprint density at radius 3 is 2.61 bits per heavy atom. The highest BCUT2D eigenvalue weighted by Crippen LogP contribution is 2.33. The van der Waals surface area contributed by atoms with E-state index in [-0.39, 0.29) is 0 Å². The molecule has 0 unspecified atom stereocenters. The molecule has 23 heavy (non-hydrogen) atoms. The van der Waals surface area contributed by atoms with E-state index in [2.05, 4.69) is 25.1 Å². The fourth-order valence-electron chi connectivity index (χ4n) is 2.48. The molecule has 0 aliphatic carbocycles. The first-order valence-corrected chi connectivity index (χ1v) is 8.83. The summed E-state index contributed by atoms with van der Waals surface area (Å²) >= 11 is 7.95. The van der Waals surface area contributed by atoms with Gasteiger partial charge in [0.15, 0.2) is 5.82 Å². The van der Waals surface area contributed by atoms with Gasteiger partial charge in [-0.05, 0) is 30.0 Å². The van der Waals surface area contributed by atoms with Gasteiger partial charge >= 0.3 is 0 Å². The molecule has 0 radical (unpaired) electrons. The molecule has 1 aromatic heterocycles. The first-order valence-electron chi connectivity index (χ1n) is 7.47. The number of fused-ring (bicyclic) bond motifs is 1. The predicted molar refractivity (Wildman–Crippen MR) is 101 cm³/mol. The van der Waals surface area contributed by atoms with Gasteiger partial charge < -0.3 is 4.90 Å². The van der Waals surface area contributed by atoms with Crippen molar-refractivity contribution in [1.82, 2.24) is 9.97 Å². The van der Waals surface area contributed by atoms with Crippen LogP contribution in [0.2, 0.25) is 5.02 Å². The van der Waals surface area contributed by atoms with Crippen molar-refractivity contribution in [2.75, 3.05) is 24.7 Å². The van der Waals surface area contributed by atoms with Crippen molar-refractivity contribution in [3.8, 4) is 11.4 Å². The number of rotatable bonds is 4. The Morgan fingerprint density at radius 2 is 1.87 bits per heavy atom. The van der Waals surface area contributed by atoms with Crippen molar-refractivity contribution < 1.29 is 0 Å². The van der Waals surface area contributed by atoms with Crippen LogP contribution in [0.3, 0.4) is 0 Å². The maximum atomic E-state index is 6.14. The minimum absolute atomic E-state index is 0.693. The summed E-state index contributed by atoms with van der Waals surface area (Å²) in [5, 5.41) is 1.66. The second-order valence-electron chi connectivity index (χ2n) is 5.36. The molecule has 118 valence electrons. The van der Waals surface area contributed by atoms with Crippen LogP contribution in [0, 0.1) is 0 Å². The fraction of sp³-hybridized carbons (Fsp3) is 0.222. The van der Waals surface area contributed by atoms with Gasteiger partial charge in [0.2, 0.25) is 0 Å². The van der Waals surface area contributed by atoms with Crippen LogP contribution in [0.25, 0.3) is 22.3 Å². The molecule has 3 rings (SSSR count). The molecule has 0 N–H and O–H groups in total. The van der Waals surface area contributed by atoms with Gasteiger partial charge in [-0.3, -0.25) is 0 Å². The van der Waals surface area contributed by atoms with Crippen molar-refractivity contribution in [2.45, 2.75) is 11.8 Å². The van der Waals surface area contributed by atoms with Crippen molar-refractivity contribution in [2.24, 2.45) is 0 Å². The van der Waals surface area contributed by atoms with E-state index in [1.165, 1.54) is 4.90 Å². The van der Waals surface area contributed by atoms with Crippen LogP contribution in [0.5, 0.6) is 0 Å². The van der Waals surface area contributed by atoms with Gasteiger partial charge in [0, 0.05) is 35.0 Å². The van der Waals surface area contributed by atoms with Gasteiger partial charge in [-0.25, -0.2) is 9.97 Å². The summed E-state index contributed by atoms with van der Waals surface area (Å²) in [6.07, 6.45) is 0. The lowest BCUT2D eigenvalue weighted by Gasteiger charge is -2.16. The molecular formula is C18H18ClN3S. The monoisotopic (exact) mass is 343 g/mol. The average Bonchev–Trinajstić information content (AvgIpc) is 2.54. The summed E-state index contributed by atoms with van der Waals surface area (Å²) in [4.78, 5) is 12.8. The third kappa shape index (κ3) is 3.28. The van der Waals surface area contributed by atoms with Crippen LogP contribution >= 0.6 is 23.4 Å². The van der Waals surface area contributed by atoms with Gasteiger partial charge in [0.25, 0.3) is 0 Å². The molecule has 0 fully saturated rings. The van der Waals surface area contributed by atoms with Gasteiger partial charge in [-0.15, -0.1) is 11.8 Å². The third-order valence-corrected chi connectivity index (χ3v) is 4.68. The summed E-state index contributed by atoms with van der Waals surface area (Å²) in [6, 6.07) is 14.0. The number of hydrogen-bond acceptors (Lipinski definition) is 4. The van der Waals surface area contributed by atoms with Gasteiger partial charge in [-0.1, -0.05) is 36.7 Å². The molecule has 0 aliphatic rings. The van der Waals surface area contributed by atoms with E-state index in [1.807, 2.05) is 43.3 Å². The second kappa shape index (κ2) is 6.77. The maximum absolute atomic E-state index is 6.14. The smallest absolute Gasteiger partial charge is 0.163 e. The Kier molecular flexibility index (Phi) is 4.74. The highest BCUT2D eigenvalue weighted by atomic mass is 35.5. The van der Waals surface area contributed by atoms with Crippen molar-refractivity contribution in [3.63, 3.8) is 0 Å². The molecule has 0 amide bonds. The zero-order valence-corrected chi connectivity index (χ0v) is 14.9. The van der Waals surface area contributed by atoms with Gasteiger partial charge in [0.1, 0.15) is 5.82 Å². The number of hydrogen-bond donors (Lipinski definition) is 0. The topological polar surface area (TPSA) is 29.0 Å². The lowest BCUT2D eigenvalue weighted by atomic mass is 10.1. The normalized spacial score (nSPS) is 11.0. The number of thioether (sulfide) groups is 1. The zero-order valence-electron chi connectivity index (χ0n) is 13.4. The van der Waals surface area contributed by atoms with E-state index in [4.69, 9.17) is 21.6 Å². The highest BCUT2D eigenvalue weighted by molar-refractivity contribution is 7.99. The number of benzene rings is 2. The summed E-state index contributed by atoms with van der Waals surface area (Å²) in [7, 11) is 3.97. The molecule has 0 bridgehead atoms. The summed E-state index contributed by atoms with van der Waals surface area (Å²) < 4.78 is 0. The lowest BCUT2D eigenvalue weighted by Crippen LogP contribution is -2.12. The Hall–Kier alpha value is -1.78. The molecule has 0 spiro atoms. The van der Waals surface area contributed by atoms with Crippen LogP contribution in [-0.4, -0.2) is 29.8 Å². The van der Waals surface area contributed by atoms with Crippen LogP contribution in [0.1, 0.15) is 6.92 Å². The van der Waals surface area contributed by atoms with Crippen LogP contribution in [-0.2, 0) is 0 Å². The molecule has 0 saturated heterocycles. The summed E-state index contributed by atoms with van der Waals surface area (Å²) in [5.74, 6) is 2.64. The number of aromatic nitrogens is 2. The zero-order chi connectivity index (χ0) is 16.4. The molecule has 0 atom stereocenters. The molecule has 3 aromatic rings. The van der Waals surface area contributed by atoms with E-state index in [1.54, 1.807) is 11.8 Å². The molecule has 3 nitrogen and oxygen atoms in total.